The highest BCUT2D eigenvalue weighted by Crippen LogP contribution is 2.11. The number of amides is 2. The summed E-state index contributed by atoms with van der Waals surface area (Å²) in [5.74, 6) is -1.40. The van der Waals surface area contributed by atoms with Gasteiger partial charge in [0.15, 0.2) is 0 Å². The smallest absolute Gasteiger partial charge is 0.254 e. The van der Waals surface area contributed by atoms with E-state index in [2.05, 4.69) is 10.6 Å². The van der Waals surface area contributed by atoms with Crippen LogP contribution in [-0.2, 0) is 4.79 Å². The van der Waals surface area contributed by atoms with Gasteiger partial charge in [0, 0.05) is 24.7 Å². The number of nitrogens with two attached hydrogens (primary N) is 1. The number of rotatable bonds is 5. The number of nitrogen functional groups attached to an aromatic ring is 1. The summed E-state index contributed by atoms with van der Waals surface area (Å²) in [6.07, 6.45) is 0.153. The molecule has 0 bridgehead atoms. The van der Waals surface area contributed by atoms with Crippen LogP contribution in [0.2, 0.25) is 0 Å². The molecule has 0 spiro atoms. The van der Waals surface area contributed by atoms with Gasteiger partial charge in [0.25, 0.3) is 5.91 Å². The van der Waals surface area contributed by atoms with Gasteiger partial charge in [-0.1, -0.05) is 0 Å². The van der Waals surface area contributed by atoms with Crippen LogP contribution in [0.5, 0.6) is 0 Å². The van der Waals surface area contributed by atoms with Gasteiger partial charge in [0.1, 0.15) is 5.82 Å². The number of carbonyl (C=O) groups is 2. The summed E-state index contributed by atoms with van der Waals surface area (Å²) in [5.41, 5.74) is 5.56. The Hall–Kier alpha value is -2.11. The first-order valence-corrected chi connectivity index (χ1v) is 6.02. The molecule has 0 aliphatic rings. The number of benzene rings is 1. The zero-order valence-corrected chi connectivity index (χ0v) is 11.0. The number of anilines is 1. The van der Waals surface area contributed by atoms with Gasteiger partial charge in [-0.15, -0.1) is 0 Å². The van der Waals surface area contributed by atoms with Crippen LogP contribution in [0.15, 0.2) is 18.2 Å². The van der Waals surface area contributed by atoms with E-state index in [1.165, 1.54) is 12.1 Å². The van der Waals surface area contributed by atoms with Crippen molar-refractivity contribution in [3.05, 3.63) is 29.6 Å². The molecule has 19 heavy (non-hydrogen) atoms. The lowest BCUT2D eigenvalue weighted by Gasteiger charge is -2.09. The first-order chi connectivity index (χ1) is 8.90. The molecule has 1 rings (SSSR count). The first kappa shape index (κ1) is 14.9. The Labute approximate surface area is 111 Å². The van der Waals surface area contributed by atoms with Gasteiger partial charge >= 0.3 is 0 Å². The van der Waals surface area contributed by atoms with Gasteiger partial charge < -0.3 is 16.4 Å². The Balaban J connectivity index is 2.45. The molecular weight excluding hydrogens is 249 g/mol. The molecule has 0 aromatic heterocycles. The van der Waals surface area contributed by atoms with Crippen molar-refractivity contribution in [3.8, 4) is 0 Å². The standard InChI is InChI=1S/C13H18FN3O2/c1-8(2)17-12(18)5-6-16-13(19)10-4-3-9(15)7-11(10)14/h3-4,7-8H,5-6,15H2,1-2H3,(H,16,19)(H,17,18). The third-order valence-corrected chi connectivity index (χ3v) is 2.33. The van der Waals surface area contributed by atoms with Crippen LogP contribution in [0.1, 0.15) is 30.6 Å². The van der Waals surface area contributed by atoms with Crippen LogP contribution in [-0.4, -0.2) is 24.4 Å². The van der Waals surface area contributed by atoms with Crippen molar-refractivity contribution in [2.45, 2.75) is 26.3 Å². The highest BCUT2D eigenvalue weighted by atomic mass is 19.1. The molecule has 0 heterocycles. The summed E-state index contributed by atoms with van der Waals surface area (Å²) >= 11 is 0. The molecule has 0 saturated carbocycles. The molecular formula is C13H18FN3O2. The Morgan fingerprint density at radius 2 is 2.05 bits per heavy atom. The zero-order valence-electron chi connectivity index (χ0n) is 11.0. The maximum Gasteiger partial charge on any atom is 0.254 e. The van der Waals surface area contributed by atoms with Crippen molar-refractivity contribution < 1.29 is 14.0 Å². The van der Waals surface area contributed by atoms with E-state index in [4.69, 9.17) is 5.73 Å². The Kier molecular flexibility index (Phi) is 5.29. The minimum absolute atomic E-state index is 0.0535. The van der Waals surface area contributed by atoms with Gasteiger partial charge in [-0.2, -0.15) is 0 Å². The predicted molar refractivity (Wildman–Crippen MR) is 71.0 cm³/mol. The molecule has 0 radical (unpaired) electrons. The lowest BCUT2D eigenvalue weighted by atomic mass is 10.2. The van der Waals surface area contributed by atoms with Gasteiger partial charge in [0.05, 0.1) is 5.56 Å². The topological polar surface area (TPSA) is 84.2 Å². The second-order valence-corrected chi connectivity index (χ2v) is 4.47. The summed E-state index contributed by atoms with van der Waals surface area (Å²) in [4.78, 5) is 23.0. The quantitative estimate of drug-likeness (QED) is 0.697. The van der Waals surface area contributed by atoms with Crippen LogP contribution in [0.3, 0.4) is 0 Å². The summed E-state index contributed by atoms with van der Waals surface area (Å²) in [5, 5.41) is 5.18. The van der Waals surface area contributed by atoms with Crippen LogP contribution in [0.25, 0.3) is 0 Å². The zero-order chi connectivity index (χ0) is 14.4. The number of carbonyl (C=O) groups excluding carboxylic acids is 2. The van der Waals surface area contributed by atoms with E-state index in [0.29, 0.717) is 0 Å². The van der Waals surface area contributed by atoms with Gasteiger partial charge in [-0.25, -0.2) is 4.39 Å². The lowest BCUT2D eigenvalue weighted by Crippen LogP contribution is -2.34. The highest BCUT2D eigenvalue weighted by Gasteiger charge is 2.12. The minimum atomic E-state index is -0.677. The third-order valence-electron chi connectivity index (χ3n) is 2.33. The van der Waals surface area contributed by atoms with E-state index in [9.17, 15) is 14.0 Å². The van der Waals surface area contributed by atoms with Crippen molar-refractivity contribution in [1.29, 1.82) is 0 Å². The van der Waals surface area contributed by atoms with Crippen molar-refractivity contribution in [2.75, 3.05) is 12.3 Å². The van der Waals surface area contributed by atoms with Crippen LogP contribution >= 0.6 is 0 Å². The summed E-state index contributed by atoms with van der Waals surface area (Å²) < 4.78 is 13.4. The summed E-state index contributed by atoms with van der Waals surface area (Å²) in [7, 11) is 0. The van der Waals surface area contributed by atoms with Gasteiger partial charge in [-0.05, 0) is 32.0 Å². The average Bonchev–Trinajstić information content (AvgIpc) is 2.27. The van der Waals surface area contributed by atoms with Crippen molar-refractivity contribution >= 4 is 17.5 Å². The van der Waals surface area contributed by atoms with Crippen LogP contribution in [0.4, 0.5) is 10.1 Å². The Morgan fingerprint density at radius 3 is 2.63 bits per heavy atom. The first-order valence-electron chi connectivity index (χ1n) is 6.02. The maximum atomic E-state index is 13.4. The van der Waals surface area contributed by atoms with Crippen molar-refractivity contribution in [1.82, 2.24) is 10.6 Å². The molecule has 104 valence electrons. The van der Waals surface area contributed by atoms with E-state index in [-0.39, 0.29) is 36.2 Å². The SMILES string of the molecule is CC(C)NC(=O)CCNC(=O)c1ccc(N)cc1F. The number of hydrogen-bond donors (Lipinski definition) is 3. The third kappa shape index (κ3) is 4.95. The molecule has 0 saturated heterocycles. The molecule has 0 unspecified atom stereocenters. The second-order valence-electron chi connectivity index (χ2n) is 4.47. The number of hydrogen-bond acceptors (Lipinski definition) is 3. The van der Waals surface area contributed by atoms with Crippen molar-refractivity contribution in [3.63, 3.8) is 0 Å². The van der Waals surface area contributed by atoms with Crippen molar-refractivity contribution in [2.24, 2.45) is 0 Å². The predicted octanol–water partition coefficient (Wildman–Crippen LogP) is 1.05. The molecule has 1 aromatic carbocycles. The highest BCUT2D eigenvalue weighted by molar-refractivity contribution is 5.95. The van der Waals surface area contributed by atoms with E-state index >= 15 is 0 Å². The summed E-state index contributed by atoms with van der Waals surface area (Å²) in [6, 6.07) is 3.90. The fraction of sp³-hybridized carbons (Fsp3) is 0.385. The van der Waals surface area contributed by atoms with E-state index in [0.717, 1.165) is 6.07 Å². The molecule has 4 N–H and O–H groups in total. The molecule has 0 fully saturated rings. The van der Waals surface area contributed by atoms with Crippen LogP contribution in [0, 0.1) is 5.82 Å². The fourth-order valence-electron chi connectivity index (χ4n) is 1.49. The van der Waals surface area contributed by atoms with E-state index < -0.39 is 11.7 Å². The van der Waals surface area contributed by atoms with Crippen LogP contribution < -0.4 is 16.4 Å². The molecule has 6 heteroatoms. The Bertz CT molecular complexity index is 475. The fourth-order valence-corrected chi connectivity index (χ4v) is 1.49. The normalized spacial score (nSPS) is 10.3. The number of halogens is 1. The maximum absolute atomic E-state index is 13.4. The van der Waals surface area contributed by atoms with Gasteiger partial charge in [0.2, 0.25) is 5.91 Å². The van der Waals surface area contributed by atoms with E-state index in [1.807, 2.05) is 13.8 Å². The average molecular weight is 267 g/mol. The molecule has 5 nitrogen and oxygen atoms in total. The number of nitrogens with one attached hydrogen (secondary N) is 2. The Morgan fingerprint density at radius 1 is 1.37 bits per heavy atom. The van der Waals surface area contributed by atoms with E-state index in [1.54, 1.807) is 0 Å². The second kappa shape index (κ2) is 6.72. The lowest BCUT2D eigenvalue weighted by molar-refractivity contribution is -0.121. The monoisotopic (exact) mass is 267 g/mol. The molecule has 0 atom stereocenters. The molecule has 0 aliphatic carbocycles. The minimum Gasteiger partial charge on any atom is -0.399 e. The molecule has 0 aliphatic heterocycles. The molecule has 1 aromatic rings. The molecule has 2 amide bonds. The van der Waals surface area contributed by atoms with Gasteiger partial charge in [-0.3, -0.25) is 9.59 Å². The summed E-state index contributed by atoms with van der Waals surface area (Å²) in [6.45, 7) is 3.85. The largest absolute Gasteiger partial charge is 0.399 e.